The second kappa shape index (κ2) is 7.23. The minimum absolute atomic E-state index is 0.423. The lowest BCUT2D eigenvalue weighted by Gasteiger charge is -2.13. The van der Waals surface area contributed by atoms with Crippen LogP contribution in [0.5, 0.6) is 11.6 Å². The minimum atomic E-state index is 0.423. The zero-order valence-electron chi connectivity index (χ0n) is 13.3. The largest absolute Gasteiger partial charge is 0.439 e. The molecule has 0 radical (unpaired) electrons. The maximum Gasteiger partial charge on any atom is 0.219 e. The summed E-state index contributed by atoms with van der Waals surface area (Å²) < 4.78 is 5.98. The highest BCUT2D eigenvalue weighted by molar-refractivity contribution is 5.38. The number of nitrogens with one attached hydrogen (secondary N) is 1. The van der Waals surface area contributed by atoms with Crippen LogP contribution in [0, 0.1) is 0 Å². The third-order valence-corrected chi connectivity index (χ3v) is 3.23. The van der Waals surface area contributed by atoms with Crippen LogP contribution in [-0.4, -0.2) is 11.0 Å². The van der Waals surface area contributed by atoms with Gasteiger partial charge in [-0.3, -0.25) is 0 Å². The van der Waals surface area contributed by atoms with Crippen LogP contribution >= 0.6 is 0 Å². The zero-order valence-corrected chi connectivity index (χ0v) is 13.3. The number of rotatable bonds is 6. The standard InChI is InChI=1S/C18H24N2O/c1-13(2)16-9-5-6-10-17(16)21-18-11-7-8-15(20-18)12-19-14(3)4/h5-11,13-14,19H,12H2,1-4H3. The van der Waals surface area contributed by atoms with Crippen molar-refractivity contribution >= 4 is 0 Å². The van der Waals surface area contributed by atoms with Crippen molar-refractivity contribution in [3.63, 3.8) is 0 Å². The van der Waals surface area contributed by atoms with Crippen molar-refractivity contribution in [2.75, 3.05) is 0 Å². The molecule has 1 N–H and O–H groups in total. The smallest absolute Gasteiger partial charge is 0.219 e. The van der Waals surface area contributed by atoms with E-state index in [9.17, 15) is 0 Å². The van der Waals surface area contributed by atoms with E-state index in [0.29, 0.717) is 17.8 Å². The fraction of sp³-hybridized carbons (Fsp3) is 0.389. The molecule has 2 rings (SSSR count). The monoisotopic (exact) mass is 284 g/mol. The van der Waals surface area contributed by atoms with Crippen molar-refractivity contribution in [1.82, 2.24) is 10.3 Å². The van der Waals surface area contributed by atoms with Gasteiger partial charge in [0.1, 0.15) is 5.75 Å². The van der Waals surface area contributed by atoms with Crippen LogP contribution < -0.4 is 10.1 Å². The SMILES string of the molecule is CC(C)NCc1cccc(Oc2ccccc2C(C)C)n1. The fourth-order valence-corrected chi connectivity index (χ4v) is 2.08. The first-order chi connectivity index (χ1) is 10.1. The number of hydrogen-bond acceptors (Lipinski definition) is 3. The van der Waals surface area contributed by atoms with E-state index in [4.69, 9.17) is 4.74 Å². The number of para-hydroxylation sites is 1. The third kappa shape index (κ3) is 4.57. The number of hydrogen-bond donors (Lipinski definition) is 1. The van der Waals surface area contributed by atoms with Gasteiger partial charge in [0.15, 0.2) is 0 Å². The number of nitrogens with zero attached hydrogens (tertiary/aromatic N) is 1. The lowest BCUT2D eigenvalue weighted by molar-refractivity contribution is 0.450. The Labute approximate surface area is 127 Å². The van der Waals surface area contributed by atoms with Crippen molar-refractivity contribution in [2.45, 2.75) is 46.2 Å². The predicted octanol–water partition coefficient (Wildman–Crippen LogP) is 4.50. The van der Waals surface area contributed by atoms with Crippen molar-refractivity contribution in [2.24, 2.45) is 0 Å². The van der Waals surface area contributed by atoms with E-state index >= 15 is 0 Å². The highest BCUT2D eigenvalue weighted by Gasteiger charge is 2.08. The average molecular weight is 284 g/mol. The van der Waals surface area contributed by atoms with Crippen LogP contribution in [0.1, 0.15) is 44.9 Å². The third-order valence-electron chi connectivity index (χ3n) is 3.23. The first-order valence-electron chi connectivity index (χ1n) is 7.52. The van der Waals surface area contributed by atoms with Gasteiger partial charge in [-0.05, 0) is 23.6 Å². The molecule has 1 aromatic heterocycles. The Bertz CT molecular complexity index is 579. The molecule has 21 heavy (non-hydrogen) atoms. The summed E-state index contributed by atoms with van der Waals surface area (Å²) in [5, 5.41) is 3.36. The topological polar surface area (TPSA) is 34.1 Å². The Balaban J connectivity index is 2.15. The summed E-state index contributed by atoms with van der Waals surface area (Å²) in [7, 11) is 0. The van der Waals surface area contributed by atoms with Gasteiger partial charge in [0.05, 0.1) is 5.69 Å². The summed E-state index contributed by atoms with van der Waals surface area (Å²) >= 11 is 0. The molecule has 3 heteroatoms. The summed E-state index contributed by atoms with van der Waals surface area (Å²) in [4.78, 5) is 4.56. The first-order valence-corrected chi connectivity index (χ1v) is 7.52. The summed E-state index contributed by atoms with van der Waals surface area (Å²) in [5.41, 5.74) is 2.19. The molecular weight excluding hydrogens is 260 g/mol. The highest BCUT2D eigenvalue weighted by atomic mass is 16.5. The number of benzene rings is 1. The van der Waals surface area contributed by atoms with Gasteiger partial charge in [0.25, 0.3) is 0 Å². The van der Waals surface area contributed by atoms with Crippen LogP contribution in [0.2, 0.25) is 0 Å². The van der Waals surface area contributed by atoms with Crippen molar-refractivity contribution in [3.8, 4) is 11.6 Å². The molecule has 3 nitrogen and oxygen atoms in total. The van der Waals surface area contributed by atoms with E-state index in [1.807, 2.05) is 36.4 Å². The van der Waals surface area contributed by atoms with Gasteiger partial charge < -0.3 is 10.1 Å². The van der Waals surface area contributed by atoms with Crippen molar-refractivity contribution < 1.29 is 4.74 Å². The van der Waals surface area contributed by atoms with Gasteiger partial charge in [-0.1, -0.05) is 52.0 Å². The number of aromatic nitrogens is 1. The molecule has 0 spiro atoms. The molecule has 1 heterocycles. The first kappa shape index (κ1) is 15.5. The van der Waals surface area contributed by atoms with Crippen LogP contribution in [-0.2, 0) is 6.54 Å². The molecule has 0 unspecified atom stereocenters. The van der Waals surface area contributed by atoms with E-state index in [1.165, 1.54) is 5.56 Å². The molecule has 0 aliphatic heterocycles. The van der Waals surface area contributed by atoms with Crippen LogP contribution in [0.15, 0.2) is 42.5 Å². The Morgan fingerprint density at radius 3 is 2.48 bits per heavy atom. The summed E-state index contributed by atoms with van der Waals surface area (Å²) in [6.07, 6.45) is 0. The Hall–Kier alpha value is -1.87. The molecule has 0 aliphatic carbocycles. The highest BCUT2D eigenvalue weighted by Crippen LogP contribution is 2.29. The maximum absolute atomic E-state index is 5.98. The second-order valence-electron chi connectivity index (χ2n) is 5.80. The number of pyridine rings is 1. The summed E-state index contributed by atoms with van der Waals surface area (Å²) in [6.45, 7) is 9.33. The van der Waals surface area contributed by atoms with Gasteiger partial charge in [-0.2, -0.15) is 0 Å². The molecule has 0 amide bonds. The molecular formula is C18H24N2O. The lowest BCUT2D eigenvalue weighted by atomic mass is 10.0. The van der Waals surface area contributed by atoms with Gasteiger partial charge >= 0.3 is 0 Å². The van der Waals surface area contributed by atoms with Crippen LogP contribution in [0.25, 0.3) is 0 Å². The predicted molar refractivity (Wildman–Crippen MR) is 86.8 cm³/mol. The molecule has 0 aliphatic rings. The van der Waals surface area contributed by atoms with E-state index in [0.717, 1.165) is 18.0 Å². The minimum Gasteiger partial charge on any atom is -0.439 e. The Kier molecular flexibility index (Phi) is 5.34. The van der Waals surface area contributed by atoms with E-state index in [2.05, 4.69) is 44.1 Å². The normalized spacial score (nSPS) is 11.1. The van der Waals surface area contributed by atoms with Gasteiger partial charge in [-0.25, -0.2) is 4.98 Å². The molecule has 0 bridgehead atoms. The zero-order chi connectivity index (χ0) is 15.2. The molecule has 0 fully saturated rings. The van der Waals surface area contributed by atoms with Crippen molar-refractivity contribution in [3.05, 3.63) is 53.7 Å². The van der Waals surface area contributed by atoms with Gasteiger partial charge in [0.2, 0.25) is 5.88 Å². The maximum atomic E-state index is 5.98. The van der Waals surface area contributed by atoms with Gasteiger partial charge in [-0.15, -0.1) is 0 Å². The van der Waals surface area contributed by atoms with Crippen LogP contribution in [0.4, 0.5) is 0 Å². The second-order valence-corrected chi connectivity index (χ2v) is 5.80. The average Bonchev–Trinajstić information content (AvgIpc) is 2.46. The van der Waals surface area contributed by atoms with Gasteiger partial charge in [0, 0.05) is 18.7 Å². The molecule has 2 aromatic rings. The summed E-state index contributed by atoms with van der Waals surface area (Å²) in [6, 6.07) is 14.5. The molecule has 0 saturated heterocycles. The molecule has 1 aromatic carbocycles. The quantitative estimate of drug-likeness (QED) is 0.848. The molecule has 0 saturated carbocycles. The van der Waals surface area contributed by atoms with E-state index in [1.54, 1.807) is 0 Å². The molecule has 0 atom stereocenters. The fourth-order valence-electron chi connectivity index (χ4n) is 2.08. The van der Waals surface area contributed by atoms with E-state index in [-0.39, 0.29) is 0 Å². The van der Waals surface area contributed by atoms with E-state index < -0.39 is 0 Å². The summed E-state index contributed by atoms with van der Waals surface area (Å²) in [5.74, 6) is 1.95. The Morgan fingerprint density at radius 1 is 1.00 bits per heavy atom. The Morgan fingerprint density at radius 2 is 1.76 bits per heavy atom. The lowest BCUT2D eigenvalue weighted by Crippen LogP contribution is -2.22. The number of ether oxygens (including phenoxy) is 1. The van der Waals surface area contributed by atoms with Crippen molar-refractivity contribution in [1.29, 1.82) is 0 Å². The molecule has 112 valence electrons. The van der Waals surface area contributed by atoms with Crippen LogP contribution in [0.3, 0.4) is 0 Å².